The summed E-state index contributed by atoms with van der Waals surface area (Å²) in [7, 11) is 0. The van der Waals surface area contributed by atoms with E-state index in [0.29, 0.717) is 10.8 Å². The molecule has 0 aromatic rings. The van der Waals surface area contributed by atoms with Crippen molar-refractivity contribution in [1.29, 1.82) is 0 Å². The fourth-order valence-corrected chi connectivity index (χ4v) is 8.82. The zero-order valence-electron chi connectivity index (χ0n) is 22.0. The second kappa shape index (κ2) is 10.7. The van der Waals surface area contributed by atoms with Crippen LogP contribution in [0.15, 0.2) is 23.8 Å². The minimum absolute atomic E-state index is 0.0756. The molecule has 0 radical (unpaired) electrons. The summed E-state index contributed by atoms with van der Waals surface area (Å²) < 4.78 is 5.76. The highest BCUT2D eigenvalue weighted by Gasteiger charge is 2.58. The lowest BCUT2D eigenvalue weighted by Crippen LogP contribution is -2.50. The van der Waals surface area contributed by atoms with Crippen LogP contribution in [0, 0.1) is 34.5 Å². The van der Waals surface area contributed by atoms with Gasteiger partial charge in [0, 0.05) is 12.5 Å². The molecule has 0 spiro atoms. The minimum Gasteiger partial charge on any atom is -0.459 e. The van der Waals surface area contributed by atoms with Crippen molar-refractivity contribution in [3.05, 3.63) is 23.8 Å². The van der Waals surface area contributed by atoms with Crippen LogP contribution in [0.2, 0.25) is 0 Å². The Labute approximate surface area is 204 Å². The third-order valence-corrected chi connectivity index (χ3v) is 10.7. The van der Waals surface area contributed by atoms with Gasteiger partial charge >= 0.3 is 5.97 Å². The molecule has 4 aliphatic carbocycles. The number of carbonyl (C=O) groups is 1. The minimum atomic E-state index is -0.170. The molecule has 0 N–H and O–H groups in total. The first-order valence-corrected chi connectivity index (χ1v) is 14.4. The Morgan fingerprint density at radius 2 is 1.82 bits per heavy atom. The Kier molecular flexibility index (Phi) is 8.12. The van der Waals surface area contributed by atoms with Crippen LogP contribution in [-0.4, -0.2) is 12.1 Å². The molecule has 3 saturated carbocycles. The smallest absolute Gasteiger partial charge is 0.330 e. The molecule has 0 bridgehead atoms. The van der Waals surface area contributed by atoms with Gasteiger partial charge in [-0.25, -0.2) is 4.79 Å². The highest BCUT2D eigenvalue weighted by Crippen LogP contribution is 2.66. The molecule has 0 saturated heterocycles. The molecule has 0 aromatic carbocycles. The lowest BCUT2D eigenvalue weighted by molar-refractivity contribution is -0.145. The van der Waals surface area contributed by atoms with Crippen molar-refractivity contribution in [1.82, 2.24) is 0 Å². The predicted octanol–water partition coefficient (Wildman–Crippen LogP) is 8.80. The van der Waals surface area contributed by atoms with Gasteiger partial charge in [0.2, 0.25) is 0 Å². The summed E-state index contributed by atoms with van der Waals surface area (Å²) in [6, 6.07) is 0. The molecule has 3 fully saturated rings. The summed E-state index contributed by atoms with van der Waals surface area (Å²) in [4.78, 5) is 12.0. The number of rotatable bonds is 9. The number of hydrogen-bond donors (Lipinski definition) is 0. The first-order chi connectivity index (χ1) is 15.9. The van der Waals surface area contributed by atoms with E-state index in [1.807, 2.05) is 6.92 Å². The fourth-order valence-electron chi connectivity index (χ4n) is 8.82. The Balaban J connectivity index is 1.37. The van der Waals surface area contributed by atoms with Gasteiger partial charge in [-0.15, -0.1) is 0 Å². The zero-order chi connectivity index (χ0) is 23.5. The van der Waals surface area contributed by atoms with Crippen LogP contribution in [0.5, 0.6) is 0 Å². The van der Waals surface area contributed by atoms with E-state index in [1.54, 1.807) is 17.7 Å². The van der Waals surface area contributed by atoms with Crippen molar-refractivity contribution in [2.75, 3.05) is 0 Å². The summed E-state index contributed by atoms with van der Waals surface area (Å²) in [5, 5.41) is 0. The highest BCUT2D eigenvalue weighted by atomic mass is 16.5. The quantitative estimate of drug-likeness (QED) is 0.150. The molecule has 2 heteroatoms. The van der Waals surface area contributed by atoms with Crippen LogP contribution in [0.3, 0.4) is 0 Å². The van der Waals surface area contributed by atoms with Crippen molar-refractivity contribution >= 4 is 5.97 Å². The van der Waals surface area contributed by atoms with Crippen molar-refractivity contribution < 1.29 is 9.53 Å². The van der Waals surface area contributed by atoms with Gasteiger partial charge in [0.1, 0.15) is 6.10 Å². The van der Waals surface area contributed by atoms with Gasteiger partial charge in [-0.3, -0.25) is 0 Å². The lowest BCUT2D eigenvalue weighted by Gasteiger charge is -2.58. The van der Waals surface area contributed by atoms with E-state index < -0.39 is 0 Å². The second-order valence-electron chi connectivity index (χ2n) is 12.4. The summed E-state index contributed by atoms with van der Waals surface area (Å²) in [5.41, 5.74) is 2.54. The van der Waals surface area contributed by atoms with E-state index in [-0.39, 0.29) is 12.1 Å². The average Bonchev–Trinajstić information content (AvgIpc) is 3.13. The van der Waals surface area contributed by atoms with E-state index in [1.165, 1.54) is 83.5 Å². The Morgan fingerprint density at radius 3 is 2.61 bits per heavy atom. The predicted molar refractivity (Wildman–Crippen MR) is 138 cm³/mol. The van der Waals surface area contributed by atoms with E-state index in [2.05, 4.69) is 26.8 Å². The molecule has 0 amide bonds. The molecular formula is C31H50O2. The lowest BCUT2D eigenvalue weighted by atomic mass is 9.47. The Morgan fingerprint density at radius 1 is 1.03 bits per heavy atom. The van der Waals surface area contributed by atoms with Gasteiger partial charge < -0.3 is 4.74 Å². The van der Waals surface area contributed by atoms with Gasteiger partial charge in [-0.05, 0) is 92.8 Å². The number of carbonyl (C=O) groups excluding carboxylic acids is 1. The molecule has 33 heavy (non-hydrogen) atoms. The van der Waals surface area contributed by atoms with E-state index in [9.17, 15) is 4.79 Å². The van der Waals surface area contributed by atoms with Crippen LogP contribution in [-0.2, 0) is 9.53 Å². The van der Waals surface area contributed by atoms with Crippen molar-refractivity contribution in [3.8, 4) is 0 Å². The Bertz CT molecular complexity index is 735. The molecule has 186 valence electrons. The second-order valence-corrected chi connectivity index (χ2v) is 12.4. The summed E-state index contributed by atoms with van der Waals surface area (Å²) in [6.45, 7) is 9.43. The maximum atomic E-state index is 12.0. The standard InChI is InChI=1S/C31H50O2/c1-5-7-8-9-10-11-13-23-15-17-27-26-16-14-24-22-25(33-29(32)12-6-2)18-20-31(24,4)28(26)19-21-30(23,27)3/h6,12,14,23,25-28H,5,7-11,13,15-22H2,1-4H3. The van der Waals surface area contributed by atoms with Crippen LogP contribution in [0.25, 0.3) is 0 Å². The van der Waals surface area contributed by atoms with E-state index in [0.717, 1.165) is 36.5 Å². The van der Waals surface area contributed by atoms with E-state index >= 15 is 0 Å². The monoisotopic (exact) mass is 454 g/mol. The molecule has 7 atom stereocenters. The summed E-state index contributed by atoms with van der Waals surface area (Å²) >= 11 is 0. The number of hydrogen-bond acceptors (Lipinski definition) is 2. The molecule has 2 nitrogen and oxygen atoms in total. The van der Waals surface area contributed by atoms with Gasteiger partial charge in [-0.2, -0.15) is 0 Å². The Hall–Kier alpha value is -1.05. The maximum Gasteiger partial charge on any atom is 0.330 e. The summed E-state index contributed by atoms with van der Waals surface area (Å²) in [5.74, 6) is 3.46. The maximum absolute atomic E-state index is 12.0. The SMILES string of the molecule is CC=CC(=O)OC1CCC2(C)C(=CCC3C2CCC2(C)C(CCCCCCCC)CCC32)C1. The molecule has 7 unspecified atom stereocenters. The number of ether oxygens (including phenoxy) is 1. The van der Waals surface area contributed by atoms with Crippen LogP contribution < -0.4 is 0 Å². The van der Waals surface area contributed by atoms with Crippen LogP contribution in [0.4, 0.5) is 0 Å². The first kappa shape index (κ1) is 25.1. The average molecular weight is 455 g/mol. The van der Waals surface area contributed by atoms with Crippen molar-refractivity contribution in [3.63, 3.8) is 0 Å². The topological polar surface area (TPSA) is 26.3 Å². The normalized spacial score (nSPS) is 40.1. The number of fused-ring (bicyclic) bond motifs is 5. The van der Waals surface area contributed by atoms with Crippen LogP contribution >= 0.6 is 0 Å². The number of allylic oxidation sites excluding steroid dienone is 2. The van der Waals surface area contributed by atoms with Gasteiger partial charge in [-0.1, -0.05) is 77.0 Å². The fraction of sp³-hybridized carbons (Fsp3) is 0.839. The van der Waals surface area contributed by atoms with E-state index in [4.69, 9.17) is 4.74 Å². The summed E-state index contributed by atoms with van der Waals surface area (Å²) in [6.07, 6.45) is 26.3. The largest absolute Gasteiger partial charge is 0.459 e. The third kappa shape index (κ3) is 5.01. The van der Waals surface area contributed by atoms with Crippen molar-refractivity contribution in [2.45, 2.75) is 130 Å². The van der Waals surface area contributed by atoms with Gasteiger partial charge in [0.15, 0.2) is 0 Å². The molecular weight excluding hydrogens is 404 g/mol. The van der Waals surface area contributed by atoms with Gasteiger partial charge in [0.05, 0.1) is 0 Å². The molecule has 0 heterocycles. The van der Waals surface area contributed by atoms with Crippen LogP contribution in [0.1, 0.15) is 124 Å². The molecule has 0 aromatic heterocycles. The van der Waals surface area contributed by atoms with Crippen molar-refractivity contribution in [2.24, 2.45) is 34.5 Å². The molecule has 4 rings (SSSR count). The molecule has 4 aliphatic rings. The highest BCUT2D eigenvalue weighted by molar-refractivity contribution is 5.81. The number of esters is 1. The first-order valence-electron chi connectivity index (χ1n) is 14.4. The third-order valence-electron chi connectivity index (χ3n) is 10.7. The number of unbranched alkanes of at least 4 members (excludes halogenated alkanes) is 5. The molecule has 0 aliphatic heterocycles. The zero-order valence-corrected chi connectivity index (χ0v) is 22.0. The van der Waals surface area contributed by atoms with Gasteiger partial charge in [0.25, 0.3) is 0 Å².